The molecule has 0 fully saturated rings. The molecule has 0 radical (unpaired) electrons. The lowest BCUT2D eigenvalue weighted by Gasteiger charge is -2.24. The van der Waals surface area contributed by atoms with E-state index < -0.39 is 15.9 Å². The highest BCUT2D eigenvalue weighted by Gasteiger charge is 2.27. The van der Waals surface area contributed by atoms with Gasteiger partial charge in [-0.15, -0.1) is 0 Å². The van der Waals surface area contributed by atoms with Crippen LogP contribution in [0.25, 0.3) is 0 Å². The zero-order valence-corrected chi connectivity index (χ0v) is 17.7. The molecule has 1 N–H and O–H groups in total. The predicted molar refractivity (Wildman–Crippen MR) is 115 cm³/mol. The zero-order valence-electron chi connectivity index (χ0n) is 14.5. The topological polar surface area (TPSA) is 66.5 Å². The summed E-state index contributed by atoms with van der Waals surface area (Å²) in [5.74, 6) is -0.468. The number of amides is 1. The first kappa shape index (κ1) is 20.4. The van der Waals surface area contributed by atoms with E-state index in [2.05, 4.69) is 21.2 Å². The Morgan fingerprint density at radius 3 is 2.14 bits per heavy atom. The number of nitrogens with zero attached hydrogens (tertiary/aromatic N) is 1. The van der Waals surface area contributed by atoms with Crippen molar-refractivity contribution >= 4 is 54.8 Å². The summed E-state index contributed by atoms with van der Waals surface area (Å²) in [7, 11) is -3.92. The van der Waals surface area contributed by atoms with E-state index in [0.29, 0.717) is 16.4 Å². The van der Waals surface area contributed by atoms with Gasteiger partial charge < -0.3 is 5.32 Å². The van der Waals surface area contributed by atoms with Crippen LogP contribution in [0.4, 0.5) is 11.4 Å². The van der Waals surface area contributed by atoms with Gasteiger partial charge in [0.05, 0.1) is 10.6 Å². The summed E-state index contributed by atoms with van der Waals surface area (Å²) < 4.78 is 28.2. The van der Waals surface area contributed by atoms with Crippen LogP contribution in [0.3, 0.4) is 0 Å². The van der Waals surface area contributed by atoms with E-state index in [4.69, 9.17) is 11.6 Å². The van der Waals surface area contributed by atoms with Gasteiger partial charge in [-0.05, 0) is 60.7 Å². The average molecular weight is 480 g/mol. The number of anilines is 2. The Hall–Kier alpha value is -2.35. The summed E-state index contributed by atoms with van der Waals surface area (Å²) in [6.45, 7) is -0.374. The van der Waals surface area contributed by atoms with E-state index in [1.807, 2.05) is 0 Å². The molecule has 0 heterocycles. The summed E-state index contributed by atoms with van der Waals surface area (Å²) in [6, 6.07) is 21.3. The number of hydrogen-bond donors (Lipinski definition) is 1. The molecule has 0 spiro atoms. The number of nitrogens with one attached hydrogen (secondary N) is 1. The third-order valence-corrected chi connectivity index (χ3v) is 6.43. The smallest absolute Gasteiger partial charge is 0.264 e. The summed E-state index contributed by atoms with van der Waals surface area (Å²) in [5, 5.41) is 3.23. The Labute approximate surface area is 177 Å². The molecule has 3 aromatic rings. The van der Waals surface area contributed by atoms with Crippen LogP contribution in [0.1, 0.15) is 0 Å². The highest BCUT2D eigenvalue weighted by Crippen LogP contribution is 2.25. The van der Waals surface area contributed by atoms with Gasteiger partial charge in [0.2, 0.25) is 5.91 Å². The maximum Gasteiger partial charge on any atom is 0.264 e. The molecule has 0 atom stereocenters. The van der Waals surface area contributed by atoms with Crippen molar-refractivity contribution in [2.24, 2.45) is 0 Å². The molecule has 0 aliphatic heterocycles. The molecule has 0 unspecified atom stereocenters. The normalized spacial score (nSPS) is 11.1. The van der Waals surface area contributed by atoms with Gasteiger partial charge in [-0.3, -0.25) is 9.10 Å². The van der Waals surface area contributed by atoms with Gasteiger partial charge in [0.1, 0.15) is 6.54 Å². The van der Waals surface area contributed by atoms with E-state index in [-0.39, 0.29) is 11.4 Å². The summed E-state index contributed by atoms with van der Waals surface area (Å²) in [4.78, 5) is 12.7. The first-order valence-electron chi connectivity index (χ1n) is 8.25. The Morgan fingerprint density at radius 2 is 1.54 bits per heavy atom. The van der Waals surface area contributed by atoms with Gasteiger partial charge in [0.25, 0.3) is 10.0 Å². The van der Waals surface area contributed by atoms with Crippen LogP contribution in [-0.4, -0.2) is 20.9 Å². The molecule has 8 heteroatoms. The fourth-order valence-corrected chi connectivity index (χ4v) is 4.34. The highest BCUT2D eigenvalue weighted by atomic mass is 79.9. The molecule has 1 amide bonds. The third-order valence-electron chi connectivity index (χ3n) is 3.86. The number of sulfonamides is 1. The molecule has 0 aliphatic carbocycles. The molecule has 5 nitrogen and oxygen atoms in total. The summed E-state index contributed by atoms with van der Waals surface area (Å²) >= 11 is 9.18. The molecule has 3 aromatic carbocycles. The van der Waals surface area contributed by atoms with Crippen molar-refractivity contribution in [1.29, 1.82) is 0 Å². The lowest BCUT2D eigenvalue weighted by molar-refractivity contribution is -0.114. The second-order valence-electron chi connectivity index (χ2n) is 5.86. The SMILES string of the molecule is O=C(CN(c1ccc(Br)cc1)S(=O)(=O)c1ccccc1)Nc1ccc(Cl)cc1. The lowest BCUT2D eigenvalue weighted by Crippen LogP contribution is -2.38. The van der Waals surface area contributed by atoms with Gasteiger partial charge in [-0.1, -0.05) is 45.7 Å². The van der Waals surface area contributed by atoms with Crippen LogP contribution in [0.2, 0.25) is 5.02 Å². The second-order valence-corrected chi connectivity index (χ2v) is 9.07. The average Bonchev–Trinajstić information content (AvgIpc) is 2.69. The molecule has 0 aromatic heterocycles. The van der Waals surface area contributed by atoms with Crippen LogP contribution in [0.5, 0.6) is 0 Å². The number of carbonyl (C=O) groups is 1. The van der Waals surface area contributed by atoms with Crippen molar-refractivity contribution in [3.8, 4) is 0 Å². The number of carbonyl (C=O) groups excluding carboxylic acids is 1. The van der Waals surface area contributed by atoms with Crippen molar-refractivity contribution in [1.82, 2.24) is 0 Å². The fourth-order valence-electron chi connectivity index (χ4n) is 2.51. The molecule has 0 aliphatic rings. The summed E-state index contributed by atoms with van der Waals surface area (Å²) in [6.07, 6.45) is 0. The highest BCUT2D eigenvalue weighted by molar-refractivity contribution is 9.10. The van der Waals surface area contributed by atoms with Crippen LogP contribution < -0.4 is 9.62 Å². The van der Waals surface area contributed by atoms with E-state index in [1.54, 1.807) is 66.7 Å². The minimum absolute atomic E-state index is 0.109. The van der Waals surface area contributed by atoms with Crippen molar-refractivity contribution < 1.29 is 13.2 Å². The zero-order chi connectivity index (χ0) is 20.1. The Morgan fingerprint density at radius 1 is 0.929 bits per heavy atom. The number of benzene rings is 3. The van der Waals surface area contributed by atoms with E-state index in [1.165, 1.54) is 12.1 Å². The van der Waals surface area contributed by atoms with Crippen LogP contribution in [0.15, 0.2) is 88.2 Å². The number of hydrogen-bond acceptors (Lipinski definition) is 3. The van der Waals surface area contributed by atoms with Gasteiger partial charge in [-0.2, -0.15) is 0 Å². The molecule has 0 saturated carbocycles. The monoisotopic (exact) mass is 478 g/mol. The minimum atomic E-state index is -3.92. The summed E-state index contributed by atoms with van der Waals surface area (Å²) in [5.41, 5.74) is 0.917. The maximum absolute atomic E-state index is 13.2. The molecule has 0 bridgehead atoms. The maximum atomic E-state index is 13.2. The van der Waals surface area contributed by atoms with E-state index in [0.717, 1.165) is 8.78 Å². The van der Waals surface area contributed by atoms with E-state index >= 15 is 0 Å². The van der Waals surface area contributed by atoms with Crippen LogP contribution in [0, 0.1) is 0 Å². The van der Waals surface area contributed by atoms with Crippen molar-refractivity contribution in [2.45, 2.75) is 4.90 Å². The van der Waals surface area contributed by atoms with E-state index in [9.17, 15) is 13.2 Å². The minimum Gasteiger partial charge on any atom is -0.325 e. The Bertz CT molecular complexity index is 1060. The fraction of sp³-hybridized carbons (Fsp3) is 0.0500. The number of halogens is 2. The van der Waals surface area contributed by atoms with Crippen molar-refractivity contribution in [3.63, 3.8) is 0 Å². The van der Waals surface area contributed by atoms with Crippen LogP contribution >= 0.6 is 27.5 Å². The Kier molecular flexibility index (Phi) is 6.39. The molecule has 144 valence electrons. The predicted octanol–water partition coefficient (Wildman–Crippen LogP) is 4.94. The van der Waals surface area contributed by atoms with Gasteiger partial charge in [0.15, 0.2) is 0 Å². The van der Waals surface area contributed by atoms with Crippen molar-refractivity contribution in [3.05, 3.63) is 88.4 Å². The standard InChI is InChI=1S/C20H16BrClN2O3S/c21-15-6-12-18(13-7-15)24(28(26,27)19-4-2-1-3-5-19)14-20(25)23-17-10-8-16(22)9-11-17/h1-13H,14H2,(H,23,25). The van der Waals surface area contributed by atoms with Gasteiger partial charge in [-0.25, -0.2) is 8.42 Å². The molecule has 28 heavy (non-hydrogen) atoms. The molecule has 3 rings (SSSR count). The molecular weight excluding hydrogens is 464 g/mol. The lowest BCUT2D eigenvalue weighted by atomic mass is 10.3. The third kappa shape index (κ3) is 4.92. The van der Waals surface area contributed by atoms with Gasteiger partial charge >= 0.3 is 0 Å². The number of rotatable bonds is 6. The van der Waals surface area contributed by atoms with Crippen molar-refractivity contribution in [2.75, 3.05) is 16.2 Å². The molecular formula is C20H16BrClN2O3S. The largest absolute Gasteiger partial charge is 0.325 e. The molecule has 0 saturated heterocycles. The van der Waals surface area contributed by atoms with Gasteiger partial charge in [0, 0.05) is 15.2 Å². The first-order valence-corrected chi connectivity index (χ1v) is 10.9. The van der Waals surface area contributed by atoms with Crippen LogP contribution in [-0.2, 0) is 14.8 Å². The quantitative estimate of drug-likeness (QED) is 0.545. The first-order chi connectivity index (χ1) is 13.4. The second kappa shape index (κ2) is 8.77. The Balaban J connectivity index is 1.91.